The number of methoxy groups -OCH3 is 3. The third-order valence-electron chi connectivity index (χ3n) is 3.19. The van der Waals surface area contributed by atoms with Crippen molar-refractivity contribution >= 4 is 5.97 Å². The Balaban J connectivity index is 0.000000240. The molecule has 3 N–H and O–H groups in total. The molecule has 0 bridgehead atoms. The Morgan fingerprint density at radius 2 is 1.67 bits per heavy atom. The van der Waals surface area contributed by atoms with Crippen molar-refractivity contribution in [3.05, 3.63) is 36.4 Å². The zero-order chi connectivity index (χ0) is 17.9. The highest BCUT2D eigenvalue weighted by molar-refractivity contribution is 5.73. The first-order valence-electron chi connectivity index (χ1n) is 7.18. The summed E-state index contributed by atoms with van der Waals surface area (Å²) in [7, 11) is 6.44. The summed E-state index contributed by atoms with van der Waals surface area (Å²) in [4.78, 5) is 17.2. The van der Waals surface area contributed by atoms with Crippen molar-refractivity contribution in [2.75, 3.05) is 28.4 Å². The second-order valence-electron chi connectivity index (χ2n) is 4.71. The van der Waals surface area contributed by atoms with Gasteiger partial charge in [0.25, 0.3) is 0 Å². The summed E-state index contributed by atoms with van der Waals surface area (Å²) in [5.41, 5.74) is 0.816. The van der Waals surface area contributed by atoms with Crippen LogP contribution in [-0.2, 0) is 11.2 Å². The number of rotatable bonds is 7. The van der Waals surface area contributed by atoms with Crippen LogP contribution in [0, 0.1) is 0 Å². The Morgan fingerprint density at radius 1 is 1.17 bits per heavy atom. The van der Waals surface area contributed by atoms with E-state index in [-0.39, 0.29) is 0 Å². The van der Waals surface area contributed by atoms with Crippen LogP contribution in [-0.4, -0.2) is 55.5 Å². The van der Waals surface area contributed by atoms with Gasteiger partial charge in [0.2, 0.25) is 0 Å². The van der Waals surface area contributed by atoms with Crippen molar-refractivity contribution in [1.29, 1.82) is 0 Å². The quantitative estimate of drug-likeness (QED) is 0.700. The highest BCUT2D eigenvalue weighted by Crippen LogP contribution is 2.26. The largest absolute Gasteiger partial charge is 0.496 e. The number of nitrogens with zero attached hydrogens (tertiary/aromatic N) is 1. The summed E-state index contributed by atoms with van der Waals surface area (Å²) < 4.78 is 15.1. The third kappa shape index (κ3) is 6.17. The van der Waals surface area contributed by atoms with Crippen LogP contribution < -0.4 is 19.5 Å². The van der Waals surface area contributed by atoms with Crippen LogP contribution in [0.1, 0.15) is 5.69 Å². The lowest BCUT2D eigenvalue weighted by Crippen LogP contribution is -2.35. The van der Waals surface area contributed by atoms with Gasteiger partial charge in [-0.25, -0.2) is 4.98 Å². The molecule has 0 aliphatic heterocycles. The Hall–Kier alpha value is -2.74. The minimum absolute atomic E-state index is 0.422. The fraction of sp³-hybridized carbons (Fsp3) is 0.375. The van der Waals surface area contributed by atoms with E-state index in [0.29, 0.717) is 6.42 Å². The maximum Gasteiger partial charge on any atom is 0.321 e. The number of imidazole rings is 1. The molecule has 132 valence electrons. The Labute approximate surface area is 140 Å². The number of carboxylic acid groups (broad SMARTS) is 1. The van der Waals surface area contributed by atoms with Crippen molar-refractivity contribution in [2.24, 2.45) is 0 Å². The molecule has 0 aliphatic rings. The van der Waals surface area contributed by atoms with E-state index in [9.17, 15) is 4.79 Å². The molecule has 1 aromatic heterocycles. The predicted octanol–water partition coefficient (Wildman–Crippen LogP) is 1.34. The highest BCUT2D eigenvalue weighted by Gasteiger charge is 2.15. The Bertz CT molecular complexity index is 561. The number of nitrogens with one attached hydrogen (secondary N) is 2. The molecule has 0 saturated heterocycles. The van der Waals surface area contributed by atoms with Crippen LogP contribution in [0.15, 0.2) is 30.7 Å². The molecule has 2 aromatic rings. The van der Waals surface area contributed by atoms with Crippen molar-refractivity contribution in [3.63, 3.8) is 0 Å². The summed E-state index contributed by atoms with van der Waals surface area (Å²) in [5.74, 6) is 1.33. The van der Waals surface area contributed by atoms with E-state index in [1.807, 2.05) is 0 Å². The number of aliphatic carboxylic acids is 1. The molecular weight excluding hydrogens is 314 g/mol. The normalized spacial score (nSPS) is 11.0. The average molecular weight is 337 g/mol. The summed E-state index contributed by atoms with van der Waals surface area (Å²) in [6, 6.07) is 4.83. The van der Waals surface area contributed by atoms with Crippen molar-refractivity contribution in [1.82, 2.24) is 15.3 Å². The van der Waals surface area contributed by atoms with Gasteiger partial charge < -0.3 is 29.6 Å². The number of hydrogen-bond donors (Lipinski definition) is 3. The molecule has 0 fully saturated rings. The van der Waals surface area contributed by atoms with Crippen molar-refractivity contribution in [2.45, 2.75) is 12.5 Å². The van der Waals surface area contributed by atoms with Crippen LogP contribution in [0.2, 0.25) is 0 Å². The highest BCUT2D eigenvalue weighted by atomic mass is 16.5. The molecule has 0 aliphatic carbocycles. The van der Waals surface area contributed by atoms with Gasteiger partial charge in [-0.2, -0.15) is 0 Å². The van der Waals surface area contributed by atoms with Crippen LogP contribution in [0.4, 0.5) is 0 Å². The molecule has 1 heterocycles. The summed E-state index contributed by atoms with van der Waals surface area (Å²) in [6.07, 6.45) is 3.57. The lowest BCUT2D eigenvalue weighted by molar-refractivity contribution is -0.139. The van der Waals surface area contributed by atoms with Crippen molar-refractivity contribution < 1.29 is 24.1 Å². The Morgan fingerprint density at radius 3 is 1.96 bits per heavy atom. The first kappa shape index (κ1) is 19.3. The van der Waals surface area contributed by atoms with Crippen LogP contribution in [0.3, 0.4) is 0 Å². The van der Waals surface area contributed by atoms with Crippen LogP contribution in [0.25, 0.3) is 0 Å². The second kappa shape index (κ2) is 10.1. The number of carboxylic acids is 1. The van der Waals surface area contributed by atoms with Gasteiger partial charge in [-0.05, 0) is 7.05 Å². The fourth-order valence-corrected chi connectivity index (χ4v) is 1.83. The molecule has 0 amide bonds. The number of aromatic amines is 1. The second-order valence-corrected chi connectivity index (χ2v) is 4.71. The third-order valence-corrected chi connectivity index (χ3v) is 3.19. The smallest absolute Gasteiger partial charge is 0.321 e. The minimum Gasteiger partial charge on any atom is -0.496 e. The van der Waals surface area contributed by atoms with E-state index in [2.05, 4.69) is 15.3 Å². The first-order chi connectivity index (χ1) is 11.5. The van der Waals surface area contributed by atoms with Crippen molar-refractivity contribution in [3.8, 4) is 17.2 Å². The predicted molar refractivity (Wildman–Crippen MR) is 88.9 cm³/mol. The number of carbonyl (C=O) groups is 1. The van der Waals surface area contributed by atoms with Gasteiger partial charge in [-0.1, -0.05) is 0 Å². The summed E-state index contributed by atoms with van der Waals surface area (Å²) in [5, 5.41) is 11.4. The van der Waals surface area contributed by atoms with Crippen LogP contribution in [0.5, 0.6) is 17.2 Å². The topological polar surface area (TPSA) is 106 Å². The molecule has 8 nitrogen and oxygen atoms in total. The molecule has 0 spiro atoms. The fourth-order valence-electron chi connectivity index (χ4n) is 1.83. The summed E-state index contributed by atoms with van der Waals surface area (Å²) >= 11 is 0. The number of ether oxygens (including phenoxy) is 3. The Kier molecular flexibility index (Phi) is 8.14. The SMILES string of the molecule is CNC(Cc1cnc[nH]1)C(=O)O.COc1cc(OC)cc(OC)c1. The number of aromatic nitrogens is 2. The van der Waals surface area contributed by atoms with E-state index < -0.39 is 12.0 Å². The van der Waals surface area contributed by atoms with Gasteiger partial charge in [-0.15, -0.1) is 0 Å². The van der Waals surface area contributed by atoms with E-state index in [4.69, 9.17) is 19.3 Å². The lowest BCUT2D eigenvalue weighted by atomic mass is 10.2. The number of likely N-dealkylation sites (N-methyl/N-ethyl adjacent to an activating group) is 1. The molecule has 0 radical (unpaired) electrons. The number of H-pyrrole nitrogens is 1. The maximum atomic E-state index is 10.6. The standard InChI is InChI=1S/C9H12O3.C7H11N3O2/c1-10-7-4-8(11-2)6-9(5-7)12-3;1-8-6(7(11)12)2-5-3-9-4-10-5/h4-6H,1-3H3;3-4,6,8H,2H2,1H3,(H,9,10)(H,11,12). The lowest BCUT2D eigenvalue weighted by Gasteiger charge is -2.08. The summed E-state index contributed by atoms with van der Waals surface area (Å²) in [6.45, 7) is 0. The average Bonchev–Trinajstić information content (AvgIpc) is 3.12. The molecule has 1 atom stereocenters. The maximum absolute atomic E-state index is 10.6. The molecule has 1 aromatic carbocycles. The molecular formula is C16H23N3O5. The van der Waals surface area contributed by atoms with Gasteiger partial charge in [0, 0.05) is 36.5 Å². The minimum atomic E-state index is -0.855. The number of hydrogen-bond acceptors (Lipinski definition) is 6. The molecule has 2 rings (SSSR count). The molecule has 8 heteroatoms. The molecule has 0 saturated carbocycles. The first-order valence-corrected chi connectivity index (χ1v) is 7.18. The van der Waals surface area contributed by atoms with Gasteiger partial charge in [0.15, 0.2) is 0 Å². The zero-order valence-corrected chi connectivity index (χ0v) is 14.2. The van der Waals surface area contributed by atoms with Crippen LogP contribution >= 0.6 is 0 Å². The monoisotopic (exact) mass is 337 g/mol. The van der Waals surface area contributed by atoms with E-state index in [1.165, 1.54) is 6.33 Å². The zero-order valence-electron chi connectivity index (χ0n) is 14.2. The van der Waals surface area contributed by atoms with E-state index in [0.717, 1.165) is 22.9 Å². The van der Waals surface area contributed by atoms with E-state index >= 15 is 0 Å². The van der Waals surface area contributed by atoms with E-state index in [1.54, 1.807) is 52.8 Å². The molecule has 1 unspecified atom stereocenters. The van der Waals surface area contributed by atoms with Gasteiger partial charge >= 0.3 is 5.97 Å². The van der Waals surface area contributed by atoms with Gasteiger partial charge in [-0.3, -0.25) is 4.79 Å². The van der Waals surface area contributed by atoms with Gasteiger partial charge in [0.1, 0.15) is 23.3 Å². The van der Waals surface area contributed by atoms with Gasteiger partial charge in [0.05, 0.1) is 27.7 Å². The molecule has 24 heavy (non-hydrogen) atoms. The number of benzene rings is 1.